The van der Waals surface area contributed by atoms with Gasteiger partial charge in [-0.05, 0) is 48.9 Å². The Hall–Kier alpha value is -3.16. The number of rotatable bonds is 6. The molecule has 3 aromatic carbocycles. The van der Waals surface area contributed by atoms with Crippen molar-refractivity contribution < 1.29 is 9.18 Å². The van der Waals surface area contributed by atoms with Crippen molar-refractivity contribution in [3.05, 3.63) is 89.2 Å². The van der Waals surface area contributed by atoms with E-state index >= 15 is 0 Å². The summed E-state index contributed by atoms with van der Waals surface area (Å²) in [7, 11) is 0. The molecule has 0 fully saturated rings. The van der Waals surface area contributed by atoms with Gasteiger partial charge in [-0.2, -0.15) is 0 Å². The Kier molecular flexibility index (Phi) is 6.34. The topological polar surface area (TPSA) is 59.8 Å². The van der Waals surface area contributed by atoms with E-state index in [1.54, 1.807) is 25.1 Å². The van der Waals surface area contributed by atoms with Crippen LogP contribution in [0.15, 0.2) is 78.0 Å². The number of anilines is 1. The third-order valence-corrected chi connectivity index (χ3v) is 5.68. The molecule has 0 unspecified atom stereocenters. The molecule has 8 heteroatoms. The number of aromatic nitrogens is 3. The number of halogens is 2. The second-order valence-electron chi connectivity index (χ2n) is 6.79. The van der Waals surface area contributed by atoms with Crippen LogP contribution in [-0.2, 0) is 4.79 Å². The molecule has 0 bridgehead atoms. The molecule has 0 aliphatic carbocycles. The van der Waals surface area contributed by atoms with Gasteiger partial charge in [-0.1, -0.05) is 59.8 Å². The Labute approximate surface area is 188 Å². The largest absolute Gasteiger partial charge is 0.325 e. The smallest absolute Gasteiger partial charge is 0.234 e. The summed E-state index contributed by atoms with van der Waals surface area (Å²) in [5, 5.41) is 12.5. The molecule has 5 nitrogen and oxygen atoms in total. The zero-order chi connectivity index (χ0) is 21.8. The van der Waals surface area contributed by atoms with Gasteiger partial charge in [0.1, 0.15) is 5.82 Å². The lowest BCUT2D eigenvalue weighted by molar-refractivity contribution is -0.113. The highest BCUT2D eigenvalue weighted by molar-refractivity contribution is 7.99. The summed E-state index contributed by atoms with van der Waals surface area (Å²) < 4.78 is 15.6. The van der Waals surface area contributed by atoms with E-state index in [1.165, 1.54) is 17.8 Å². The molecule has 31 heavy (non-hydrogen) atoms. The van der Waals surface area contributed by atoms with E-state index in [0.29, 0.717) is 27.3 Å². The van der Waals surface area contributed by atoms with Crippen molar-refractivity contribution in [1.82, 2.24) is 14.8 Å². The van der Waals surface area contributed by atoms with Gasteiger partial charge in [0, 0.05) is 22.0 Å². The van der Waals surface area contributed by atoms with E-state index in [4.69, 9.17) is 11.6 Å². The van der Waals surface area contributed by atoms with Gasteiger partial charge in [0.05, 0.1) is 5.75 Å². The molecule has 0 spiro atoms. The van der Waals surface area contributed by atoms with Gasteiger partial charge >= 0.3 is 0 Å². The van der Waals surface area contributed by atoms with E-state index in [-0.39, 0.29) is 17.5 Å². The lowest BCUT2D eigenvalue weighted by atomic mass is 10.2. The lowest BCUT2D eigenvalue weighted by Gasteiger charge is -2.11. The molecular weight excluding hydrogens is 435 g/mol. The van der Waals surface area contributed by atoms with E-state index < -0.39 is 0 Å². The number of aryl methyl sites for hydroxylation is 1. The van der Waals surface area contributed by atoms with Crippen LogP contribution in [0.5, 0.6) is 0 Å². The molecule has 0 aliphatic heterocycles. The first-order valence-electron chi connectivity index (χ1n) is 9.47. The second kappa shape index (κ2) is 9.32. The summed E-state index contributed by atoms with van der Waals surface area (Å²) in [6.07, 6.45) is 0. The van der Waals surface area contributed by atoms with Crippen LogP contribution in [0.2, 0.25) is 5.02 Å². The predicted octanol–water partition coefficient (Wildman–Crippen LogP) is 5.77. The van der Waals surface area contributed by atoms with Crippen LogP contribution in [0.4, 0.5) is 10.1 Å². The molecular formula is C23H18ClFN4OS. The standard InChI is InChI=1S/C23H18ClFN4OS/c1-15-10-11-18(13-20(15)25)26-21(30)14-31-23-28-27-22(16-6-5-7-17(24)12-16)29(23)19-8-3-2-4-9-19/h2-13H,14H2,1H3,(H,26,30). The molecule has 1 aromatic heterocycles. The molecule has 4 aromatic rings. The molecule has 0 radical (unpaired) electrons. The Morgan fingerprint density at radius 1 is 1.06 bits per heavy atom. The molecule has 0 saturated heterocycles. The van der Waals surface area contributed by atoms with Gasteiger partial charge in [-0.25, -0.2) is 4.39 Å². The molecule has 0 saturated carbocycles. The van der Waals surface area contributed by atoms with Crippen LogP contribution in [0, 0.1) is 12.7 Å². The van der Waals surface area contributed by atoms with Crippen LogP contribution in [0.3, 0.4) is 0 Å². The fourth-order valence-corrected chi connectivity index (χ4v) is 3.93. The van der Waals surface area contributed by atoms with Gasteiger partial charge in [0.25, 0.3) is 0 Å². The third kappa shape index (κ3) is 4.95. The van der Waals surface area contributed by atoms with Crippen LogP contribution < -0.4 is 5.32 Å². The van der Waals surface area contributed by atoms with E-state index in [0.717, 1.165) is 11.3 Å². The van der Waals surface area contributed by atoms with Crippen molar-refractivity contribution in [2.24, 2.45) is 0 Å². The van der Waals surface area contributed by atoms with Gasteiger partial charge in [-0.3, -0.25) is 9.36 Å². The summed E-state index contributed by atoms with van der Waals surface area (Å²) in [5.74, 6) is 0.0912. The van der Waals surface area contributed by atoms with Gasteiger partial charge in [0.15, 0.2) is 11.0 Å². The van der Waals surface area contributed by atoms with Crippen molar-refractivity contribution in [2.45, 2.75) is 12.1 Å². The van der Waals surface area contributed by atoms with Gasteiger partial charge in [-0.15, -0.1) is 10.2 Å². The van der Waals surface area contributed by atoms with Crippen LogP contribution in [0.1, 0.15) is 5.56 Å². The van der Waals surface area contributed by atoms with Crippen molar-refractivity contribution in [1.29, 1.82) is 0 Å². The highest BCUT2D eigenvalue weighted by atomic mass is 35.5. The van der Waals surface area contributed by atoms with Crippen molar-refractivity contribution in [3.63, 3.8) is 0 Å². The summed E-state index contributed by atoms with van der Waals surface area (Å²) in [6.45, 7) is 1.67. The molecule has 1 N–H and O–H groups in total. The Balaban J connectivity index is 1.58. The Morgan fingerprint density at radius 3 is 2.61 bits per heavy atom. The van der Waals surface area contributed by atoms with Gasteiger partial charge < -0.3 is 5.32 Å². The monoisotopic (exact) mass is 452 g/mol. The van der Waals surface area contributed by atoms with Crippen LogP contribution >= 0.6 is 23.4 Å². The summed E-state index contributed by atoms with van der Waals surface area (Å²) in [5.41, 5.74) is 2.62. The number of nitrogens with one attached hydrogen (secondary N) is 1. The molecule has 156 valence electrons. The maximum absolute atomic E-state index is 13.7. The normalized spacial score (nSPS) is 10.8. The van der Waals surface area contributed by atoms with Crippen LogP contribution in [0.25, 0.3) is 17.1 Å². The zero-order valence-corrected chi connectivity index (χ0v) is 18.1. The highest BCUT2D eigenvalue weighted by Crippen LogP contribution is 2.29. The molecule has 0 aliphatic rings. The fourth-order valence-electron chi connectivity index (χ4n) is 2.99. The Morgan fingerprint density at radius 2 is 1.87 bits per heavy atom. The molecule has 1 heterocycles. The van der Waals surface area contributed by atoms with E-state index in [9.17, 15) is 9.18 Å². The first-order valence-corrected chi connectivity index (χ1v) is 10.8. The van der Waals surface area contributed by atoms with E-state index in [2.05, 4.69) is 15.5 Å². The van der Waals surface area contributed by atoms with Gasteiger partial charge in [0.2, 0.25) is 5.91 Å². The number of carbonyl (C=O) groups is 1. The minimum atomic E-state index is -0.361. The average Bonchev–Trinajstić information content (AvgIpc) is 3.19. The zero-order valence-electron chi connectivity index (χ0n) is 16.5. The molecule has 1 amide bonds. The predicted molar refractivity (Wildman–Crippen MR) is 122 cm³/mol. The number of hydrogen-bond donors (Lipinski definition) is 1. The fraction of sp³-hybridized carbons (Fsp3) is 0.0870. The summed E-state index contributed by atoms with van der Waals surface area (Å²) in [4.78, 5) is 12.4. The van der Waals surface area contributed by atoms with Crippen LogP contribution in [-0.4, -0.2) is 26.4 Å². The second-order valence-corrected chi connectivity index (χ2v) is 8.17. The SMILES string of the molecule is Cc1ccc(NC(=O)CSc2nnc(-c3cccc(Cl)c3)n2-c2ccccc2)cc1F. The highest BCUT2D eigenvalue weighted by Gasteiger charge is 2.17. The third-order valence-electron chi connectivity index (χ3n) is 4.52. The molecule has 0 atom stereocenters. The van der Waals surface area contributed by atoms with E-state index in [1.807, 2.05) is 53.1 Å². The molecule has 4 rings (SSSR count). The number of nitrogens with zero attached hydrogens (tertiary/aromatic N) is 3. The quantitative estimate of drug-likeness (QED) is 0.377. The minimum Gasteiger partial charge on any atom is -0.325 e. The lowest BCUT2D eigenvalue weighted by Crippen LogP contribution is -2.14. The number of benzene rings is 3. The minimum absolute atomic E-state index is 0.0933. The summed E-state index contributed by atoms with van der Waals surface area (Å²) in [6, 6.07) is 21.6. The maximum Gasteiger partial charge on any atom is 0.234 e. The average molecular weight is 453 g/mol. The van der Waals surface area contributed by atoms with Crippen molar-refractivity contribution >= 4 is 35.0 Å². The number of amides is 1. The first-order chi connectivity index (χ1) is 15.0. The number of hydrogen-bond acceptors (Lipinski definition) is 4. The number of para-hydroxylation sites is 1. The number of carbonyl (C=O) groups excluding carboxylic acids is 1. The first kappa shape index (κ1) is 21.1. The summed E-state index contributed by atoms with van der Waals surface area (Å²) >= 11 is 7.41. The van der Waals surface area contributed by atoms with Crippen molar-refractivity contribution in [2.75, 3.05) is 11.1 Å². The number of thioether (sulfide) groups is 1. The Bertz CT molecular complexity index is 1230. The maximum atomic E-state index is 13.7. The van der Waals surface area contributed by atoms with Crippen molar-refractivity contribution in [3.8, 4) is 17.1 Å².